The van der Waals surface area contributed by atoms with Gasteiger partial charge in [0.05, 0.1) is 0 Å². The standard InChI is InChI=1S/C13H19N/c1-10-5-3-7-12(9-10)14-13-8-4-6-11(13)2/h3,5,7,9,11,13-14H,4,6,8H2,1-2H3/t11-,13-/m1/s1. The van der Waals surface area contributed by atoms with E-state index in [4.69, 9.17) is 0 Å². The number of aryl methyl sites for hydroxylation is 1. The smallest absolute Gasteiger partial charge is 0.0345 e. The Balaban J connectivity index is 2.03. The molecule has 1 aromatic carbocycles. The second-order valence-corrected chi connectivity index (χ2v) is 4.53. The van der Waals surface area contributed by atoms with Crippen LogP contribution in [0.15, 0.2) is 24.3 Å². The van der Waals surface area contributed by atoms with E-state index in [-0.39, 0.29) is 0 Å². The Morgan fingerprint density at radius 1 is 1.29 bits per heavy atom. The van der Waals surface area contributed by atoms with Gasteiger partial charge in [0.15, 0.2) is 0 Å². The summed E-state index contributed by atoms with van der Waals surface area (Å²) in [7, 11) is 0. The molecule has 1 heteroatoms. The molecule has 2 rings (SSSR count). The van der Waals surface area contributed by atoms with Crippen LogP contribution in [0.5, 0.6) is 0 Å². The van der Waals surface area contributed by atoms with Gasteiger partial charge in [-0.15, -0.1) is 0 Å². The molecule has 0 aliphatic heterocycles. The molecule has 2 atom stereocenters. The fourth-order valence-corrected chi connectivity index (χ4v) is 2.31. The van der Waals surface area contributed by atoms with Crippen LogP contribution in [0, 0.1) is 12.8 Å². The van der Waals surface area contributed by atoms with Crippen LogP contribution in [0.1, 0.15) is 31.7 Å². The summed E-state index contributed by atoms with van der Waals surface area (Å²) < 4.78 is 0. The van der Waals surface area contributed by atoms with Crippen molar-refractivity contribution in [2.45, 2.75) is 39.2 Å². The summed E-state index contributed by atoms with van der Waals surface area (Å²) in [5.41, 5.74) is 2.62. The molecule has 1 saturated carbocycles. The van der Waals surface area contributed by atoms with Crippen molar-refractivity contribution in [3.05, 3.63) is 29.8 Å². The van der Waals surface area contributed by atoms with Gasteiger partial charge in [-0.25, -0.2) is 0 Å². The van der Waals surface area contributed by atoms with Crippen molar-refractivity contribution in [1.29, 1.82) is 0 Å². The molecule has 0 spiro atoms. The molecule has 0 unspecified atom stereocenters. The quantitative estimate of drug-likeness (QED) is 0.749. The Hall–Kier alpha value is -0.980. The molecule has 0 heterocycles. The first kappa shape index (κ1) is 9.57. The predicted molar refractivity (Wildman–Crippen MR) is 61.6 cm³/mol. The van der Waals surface area contributed by atoms with Gasteiger partial charge >= 0.3 is 0 Å². The molecule has 1 aromatic rings. The molecule has 0 amide bonds. The predicted octanol–water partition coefficient (Wildman–Crippen LogP) is 3.60. The van der Waals surface area contributed by atoms with E-state index < -0.39 is 0 Å². The Kier molecular flexibility index (Phi) is 2.76. The second kappa shape index (κ2) is 4.04. The van der Waals surface area contributed by atoms with E-state index >= 15 is 0 Å². The second-order valence-electron chi connectivity index (χ2n) is 4.53. The summed E-state index contributed by atoms with van der Waals surface area (Å²) in [6.07, 6.45) is 4.09. The Labute approximate surface area is 86.5 Å². The third kappa shape index (κ3) is 2.09. The maximum absolute atomic E-state index is 3.63. The molecular weight excluding hydrogens is 170 g/mol. The van der Waals surface area contributed by atoms with Crippen molar-refractivity contribution in [3.8, 4) is 0 Å². The van der Waals surface area contributed by atoms with E-state index in [1.165, 1.54) is 30.5 Å². The number of rotatable bonds is 2. The summed E-state index contributed by atoms with van der Waals surface area (Å²) in [5, 5.41) is 3.63. The maximum atomic E-state index is 3.63. The van der Waals surface area contributed by atoms with Crippen LogP contribution in [0.2, 0.25) is 0 Å². The topological polar surface area (TPSA) is 12.0 Å². The lowest BCUT2D eigenvalue weighted by Crippen LogP contribution is -2.21. The highest BCUT2D eigenvalue weighted by molar-refractivity contribution is 5.46. The average molecular weight is 189 g/mol. The van der Waals surface area contributed by atoms with E-state index in [9.17, 15) is 0 Å². The van der Waals surface area contributed by atoms with Gasteiger partial charge in [0.2, 0.25) is 0 Å². The molecule has 0 aromatic heterocycles. The third-order valence-electron chi connectivity index (χ3n) is 3.23. The lowest BCUT2D eigenvalue weighted by molar-refractivity contribution is 0.556. The summed E-state index contributed by atoms with van der Waals surface area (Å²) in [6.45, 7) is 4.49. The van der Waals surface area contributed by atoms with E-state index in [1.807, 2.05) is 0 Å². The number of hydrogen-bond donors (Lipinski definition) is 1. The summed E-state index contributed by atoms with van der Waals surface area (Å²) in [4.78, 5) is 0. The molecule has 1 aliphatic carbocycles. The average Bonchev–Trinajstić information content (AvgIpc) is 2.52. The lowest BCUT2D eigenvalue weighted by Gasteiger charge is -2.18. The molecule has 14 heavy (non-hydrogen) atoms. The van der Waals surface area contributed by atoms with Crippen LogP contribution < -0.4 is 5.32 Å². The monoisotopic (exact) mass is 189 g/mol. The molecule has 0 bridgehead atoms. The molecule has 1 fully saturated rings. The molecule has 1 aliphatic rings. The zero-order valence-corrected chi connectivity index (χ0v) is 9.09. The van der Waals surface area contributed by atoms with Crippen molar-refractivity contribution in [2.24, 2.45) is 5.92 Å². The molecule has 76 valence electrons. The van der Waals surface area contributed by atoms with Crippen molar-refractivity contribution in [3.63, 3.8) is 0 Å². The molecule has 0 radical (unpaired) electrons. The van der Waals surface area contributed by atoms with E-state index in [1.54, 1.807) is 0 Å². The minimum atomic E-state index is 0.691. The largest absolute Gasteiger partial charge is 0.382 e. The molecule has 1 nitrogen and oxygen atoms in total. The number of benzene rings is 1. The van der Waals surface area contributed by atoms with Crippen molar-refractivity contribution in [1.82, 2.24) is 0 Å². The number of nitrogens with one attached hydrogen (secondary N) is 1. The van der Waals surface area contributed by atoms with Gasteiger partial charge in [0.25, 0.3) is 0 Å². The first-order valence-corrected chi connectivity index (χ1v) is 5.59. The zero-order chi connectivity index (χ0) is 9.97. The van der Waals surface area contributed by atoms with Crippen LogP contribution in [0.4, 0.5) is 5.69 Å². The normalized spacial score (nSPS) is 26.4. The van der Waals surface area contributed by atoms with Crippen LogP contribution in [0.3, 0.4) is 0 Å². The SMILES string of the molecule is Cc1cccc(N[C@@H]2CCC[C@H]2C)c1. The highest BCUT2D eigenvalue weighted by Crippen LogP contribution is 2.27. The maximum Gasteiger partial charge on any atom is 0.0345 e. The summed E-state index contributed by atoms with van der Waals surface area (Å²) >= 11 is 0. The van der Waals surface area contributed by atoms with Crippen molar-refractivity contribution in [2.75, 3.05) is 5.32 Å². The van der Waals surface area contributed by atoms with Crippen LogP contribution in [-0.4, -0.2) is 6.04 Å². The Morgan fingerprint density at radius 3 is 2.79 bits per heavy atom. The van der Waals surface area contributed by atoms with E-state index in [0.29, 0.717) is 6.04 Å². The Bertz CT molecular complexity index is 306. The summed E-state index contributed by atoms with van der Waals surface area (Å²) in [5.74, 6) is 0.829. The lowest BCUT2D eigenvalue weighted by atomic mass is 10.1. The molecule has 0 saturated heterocycles. The first-order valence-electron chi connectivity index (χ1n) is 5.59. The molecular formula is C13H19N. The molecule has 1 N–H and O–H groups in total. The van der Waals surface area contributed by atoms with Gasteiger partial charge in [-0.2, -0.15) is 0 Å². The highest BCUT2D eigenvalue weighted by atomic mass is 14.9. The highest BCUT2D eigenvalue weighted by Gasteiger charge is 2.22. The minimum absolute atomic E-state index is 0.691. The minimum Gasteiger partial charge on any atom is -0.382 e. The van der Waals surface area contributed by atoms with Crippen molar-refractivity contribution >= 4 is 5.69 Å². The van der Waals surface area contributed by atoms with Gasteiger partial charge in [0, 0.05) is 11.7 Å². The van der Waals surface area contributed by atoms with Gasteiger partial charge in [-0.05, 0) is 43.4 Å². The Morgan fingerprint density at radius 2 is 2.14 bits per heavy atom. The number of hydrogen-bond acceptors (Lipinski definition) is 1. The fraction of sp³-hybridized carbons (Fsp3) is 0.538. The van der Waals surface area contributed by atoms with Gasteiger partial charge in [-0.3, -0.25) is 0 Å². The van der Waals surface area contributed by atoms with Gasteiger partial charge < -0.3 is 5.32 Å². The summed E-state index contributed by atoms with van der Waals surface area (Å²) in [6, 6.07) is 9.35. The number of anilines is 1. The fourth-order valence-electron chi connectivity index (χ4n) is 2.31. The van der Waals surface area contributed by atoms with Gasteiger partial charge in [-0.1, -0.05) is 25.5 Å². The van der Waals surface area contributed by atoms with Crippen LogP contribution in [0.25, 0.3) is 0 Å². The first-order chi connectivity index (χ1) is 6.75. The van der Waals surface area contributed by atoms with E-state index in [2.05, 4.69) is 43.4 Å². The van der Waals surface area contributed by atoms with Crippen LogP contribution in [-0.2, 0) is 0 Å². The van der Waals surface area contributed by atoms with Crippen molar-refractivity contribution < 1.29 is 0 Å². The zero-order valence-electron chi connectivity index (χ0n) is 9.09. The third-order valence-corrected chi connectivity index (χ3v) is 3.23. The van der Waals surface area contributed by atoms with E-state index in [0.717, 1.165) is 5.92 Å². The van der Waals surface area contributed by atoms with Gasteiger partial charge in [0.1, 0.15) is 0 Å². The van der Waals surface area contributed by atoms with Crippen LogP contribution >= 0.6 is 0 Å².